The minimum Gasteiger partial charge on any atom is -0.313 e. The molecule has 0 radical (unpaired) electrons. The number of nitrogens with one attached hydrogen (secondary N) is 3. The molecule has 0 amide bonds. The van der Waals surface area contributed by atoms with Crippen molar-refractivity contribution < 1.29 is 8.42 Å². The van der Waals surface area contributed by atoms with Crippen molar-refractivity contribution in [2.45, 2.75) is 50.7 Å². The SMILES string of the molecule is CCNCc1cn[nH]c1S(=O)(=O)NC(C)C1CCC1. The van der Waals surface area contributed by atoms with E-state index >= 15 is 0 Å². The van der Waals surface area contributed by atoms with Crippen molar-refractivity contribution in [3.63, 3.8) is 0 Å². The highest BCUT2D eigenvalue weighted by molar-refractivity contribution is 7.89. The predicted molar refractivity (Wildman–Crippen MR) is 73.1 cm³/mol. The second-order valence-electron chi connectivity index (χ2n) is 5.11. The first kappa shape index (κ1) is 14.5. The summed E-state index contributed by atoms with van der Waals surface area (Å²) >= 11 is 0. The lowest BCUT2D eigenvalue weighted by molar-refractivity contribution is 0.260. The van der Waals surface area contributed by atoms with Gasteiger partial charge in [-0.25, -0.2) is 13.1 Å². The van der Waals surface area contributed by atoms with Crippen LogP contribution >= 0.6 is 0 Å². The van der Waals surface area contributed by atoms with Crippen molar-refractivity contribution in [3.05, 3.63) is 11.8 Å². The molecule has 3 N–H and O–H groups in total. The van der Waals surface area contributed by atoms with Gasteiger partial charge in [-0.1, -0.05) is 13.3 Å². The van der Waals surface area contributed by atoms with E-state index in [1.165, 1.54) is 6.42 Å². The Labute approximate surface area is 114 Å². The smallest absolute Gasteiger partial charge is 0.258 e. The van der Waals surface area contributed by atoms with Crippen molar-refractivity contribution in [1.82, 2.24) is 20.2 Å². The number of H-pyrrole nitrogens is 1. The molecular weight excluding hydrogens is 264 g/mol. The average molecular weight is 286 g/mol. The predicted octanol–water partition coefficient (Wildman–Crippen LogP) is 0.986. The molecule has 1 saturated carbocycles. The topological polar surface area (TPSA) is 86.9 Å². The summed E-state index contributed by atoms with van der Waals surface area (Å²) in [6.07, 6.45) is 4.98. The molecule has 2 rings (SSSR count). The molecule has 1 aromatic heterocycles. The van der Waals surface area contributed by atoms with Crippen LogP contribution in [-0.2, 0) is 16.6 Å². The Kier molecular flexibility index (Phi) is 4.59. The fourth-order valence-corrected chi connectivity index (χ4v) is 3.70. The molecule has 0 aliphatic heterocycles. The van der Waals surface area contributed by atoms with E-state index in [2.05, 4.69) is 20.2 Å². The molecule has 0 saturated heterocycles. The van der Waals surface area contributed by atoms with Crippen LogP contribution in [0.4, 0.5) is 0 Å². The van der Waals surface area contributed by atoms with Gasteiger partial charge >= 0.3 is 0 Å². The first-order valence-corrected chi connectivity index (χ1v) is 8.28. The van der Waals surface area contributed by atoms with Crippen LogP contribution in [-0.4, -0.2) is 31.2 Å². The van der Waals surface area contributed by atoms with Crippen LogP contribution in [0.2, 0.25) is 0 Å². The molecule has 19 heavy (non-hydrogen) atoms. The van der Waals surface area contributed by atoms with E-state index in [-0.39, 0.29) is 11.1 Å². The fourth-order valence-electron chi connectivity index (χ4n) is 2.26. The standard InChI is InChI=1S/C12H22N4O2S/c1-3-13-7-11-8-14-15-12(11)19(17,18)16-9(2)10-5-4-6-10/h8-10,13,16H,3-7H2,1-2H3,(H,14,15). The first-order valence-electron chi connectivity index (χ1n) is 6.80. The molecule has 7 heteroatoms. The highest BCUT2D eigenvalue weighted by Crippen LogP contribution is 2.30. The molecule has 6 nitrogen and oxygen atoms in total. The van der Waals surface area contributed by atoms with Gasteiger partial charge in [-0.2, -0.15) is 5.10 Å². The Morgan fingerprint density at radius 1 is 1.53 bits per heavy atom. The highest BCUT2D eigenvalue weighted by Gasteiger charge is 2.29. The van der Waals surface area contributed by atoms with Gasteiger partial charge in [0.05, 0.1) is 6.20 Å². The van der Waals surface area contributed by atoms with Crippen molar-refractivity contribution in [2.75, 3.05) is 6.54 Å². The molecular formula is C12H22N4O2S. The van der Waals surface area contributed by atoms with E-state index in [0.717, 1.165) is 19.4 Å². The zero-order valence-corrected chi connectivity index (χ0v) is 12.3. The van der Waals surface area contributed by atoms with Gasteiger partial charge in [-0.3, -0.25) is 5.10 Å². The van der Waals surface area contributed by atoms with Crippen LogP contribution in [0.25, 0.3) is 0 Å². The van der Waals surface area contributed by atoms with Gasteiger partial charge < -0.3 is 5.32 Å². The molecule has 1 aliphatic rings. The maximum Gasteiger partial charge on any atom is 0.258 e. The summed E-state index contributed by atoms with van der Waals surface area (Å²) in [5.74, 6) is 0.468. The highest BCUT2D eigenvalue weighted by atomic mass is 32.2. The zero-order chi connectivity index (χ0) is 13.9. The van der Waals surface area contributed by atoms with E-state index in [4.69, 9.17) is 0 Å². The second-order valence-corrected chi connectivity index (χ2v) is 6.76. The van der Waals surface area contributed by atoms with Crippen molar-refractivity contribution >= 4 is 10.0 Å². The van der Waals surface area contributed by atoms with Crippen LogP contribution < -0.4 is 10.0 Å². The van der Waals surface area contributed by atoms with E-state index in [1.807, 2.05) is 13.8 Å². The Bertz CT molecular complexity index is 508. The third-order valence-electron chi connectivity index (χ3n) is 3.71. The van der Waals surface area contributed by atoms with Crippen molar-refractivity contribution in [1.29, 1.82) is 0 Å². The Morgan fingerprint density at radius 3 is 2.84 bits per heavy atom. The van der Waals surface area contributed by atoms with Crippen LogP contribution in [0.15, 0.2) is 11.2 Å². The normalized spacial score (nSPS) is 18.2. The van der Waals surface area contributed by atoms with Crippen molar-refractivity contribution in [2.24, 2.45) is 5.92 Å². The molecule has 1 heterocycles. The number of hydrogen-bond acceptors (Lipinski definition) is 4. The quantitative estimate of drug-likeness (QED) is 0.697. The molecule has 1 aliphatic carbocycles. The van der Waals surface area contributed by atoms with Gasteiger partial charge in [-0.05, 0) is 32.2 Å². The fraction of sp³-hybridized carbons (Fsp3) is 0.750. The van der Waals surface area contributed by atoms with Crippen LogP contribution in [0.1, 0.15) is 38.7 Å². The van der Waals surface area contributed by atoms with Gasteiger partial charge in [-0.15, -0.1) is 0 Å². The van der Waals surface area contributed by atoms with Gasteiger partial charge in [0.2, 0.25) is 0 Å². The zero-order valence-electron chi connectivity index (χ0n) is 11.4. The maximum absolute atomic E-state index is 12.3. The van der Waals surface area contributed by atoms with E-state index in [0.29, 0.717) is 18.0 Å². The molecule has 1 unspecified atom stereocenters. The van der Waals surface area contributed by atoms with Gasteiger partial charge in [0, 0.05) is 18.2 Å². The van der Waals surface area contributed by atoms with E-state index in [1.54, 1.807) is 6.20 Å². The average Bonchev–Trinajstić information content (AvgIpc) is 2.71. The molecule has 1 fully saturated rings. The molecule has 108 valence electrons. The largest absolute Gasteiger partial charge is 0.313 e. The lowest BCUT2D eigenvalue weighted by Crippen LogP contribution is -2.41. The number of hydrogen-bond donors (Lipinski definition) is 3. The number of aromatic nitrogens is 2. The lowest BCUT2D eigenvalue weighted by atomic mass is 9.81. The summed E-state index contributed by atoms with van der Waals surface area (Å²) in [6.45, 7) is 5.20. The summed E-state index contributed by atoms with van der Waals surface area (Å²) < 4.78 is 27.4. The third-order valence-corrected chi connectivity index (χ3v) is 5.28. The maximum atomic E-state index is 12.3. The molecule has 1 atom stereocenters. The lowest BCUT2D eigenvalue weighted by Gasteiger charge is -2.31. The first-order chi connectivity index (χ1) is 9.04. The Hall–Kier alpha value is -0.920. The van der Waals surface area contributed by atoms with Crippen LogP contribution in [0.5, 0.6) is 0 Å². The third kappa shape index (κ3) is 3.34. The summed E-state index contributed by atoms with van der Waals surface area (Å²) in [5, 5.41) is 9.73. The molecule has 0 aromatic carbocycles. The Balaban J connectivity index is 2.07. The van der Waals surface area contributed by atoms with Crippen molar-refractivity contribution in [3.8, 4) is 0 Å². The van der Waals surface area contributed by atoms with E-state index in [9.17, 15) is 8.42 Å². The van der Waals surface area contributed by atoms with Gasteiger partial charge in [0.25, 0.3) is 10.0 Å². The Morgan fingerprint density at radius 2 is 2.26 bits per heavy atom. The monoisotopic (exact) mass is 286 g/mol. The minimum atomic E-state index is -3.51. The van der Waals surface area contributed by atoms with Gasteiger partial charge in [0.1, 0.15) is 0 Å². The van der Waals surface area contributed by atoms with E-state index < -0.39 is 10.0 Å². The summed E-state index contributed by atoms with van der Waals surface area (Å²) in [4.78, 5) is 0. The molecule has 0 spiro atoms. The molecule has 1 aromatic rings. The number of aromatic amines is 1. The second kappa shape index (κ2) is 6.02. The summed E-state index contributed by atoms with van der Waals surface area (Å²) in [5.41, 5.74) is 0.676. The van der Waals surface area contributed by atoms with Crippen LogP contribution in [0.3, 0.4) is 0 Å². The molecule has 0 bridgehead atoms. The van der Waals surface area contributed by atoms with Gasteiger partial charge in [0.15, 0.2) is 5.03 Å². The number of nitrogens with zero attached hydrogens (tertiary/aromatic N) is 1. The summed E-state index contributed by atoms with van der Waals surface area (Å²) in [6, 6.07) is -0.0194. The minimum absolute atomic E-state index is 0.0194. The number of sulfonamides is 1. The number of rotatable bonds is 7. The summed E-state index contributed by atoms with van der Waals surface area (Å²) in [7, 11) is -3.51. The van der Waals surface area contributed by atoms with Crippen LogP contribution in [0, 0.1) is 5.92 Å².